The largest absolute Gasteiger partial charge is 0.369 e. The minimum atomic E-state index is 0.778. The van der Waals surface area contributed by atoms with Gasteiger partial charge in [-0.1, -0.05) is 6.42 Å². The van der Waals surface area contributed by atoms with Crippen LogP contribution < -0.4 is 11.1 Å². The Labute approximate surface area is 107 Å². The molecular formula is C10H15Br2N3. The third-order valence-electron chi connectivity index (χ3n) is 1.98. The van der Waals surface area contributed by atoms with Crippen LogP contribution in [0.15, 0.2) is 21.2 Å². The zero-order valence-electron chi connectivity index (χ0n) is 8.47. The summed E-state index contributed by atoms with van der Waals surface area (Å²) in [6.07, 6.45) is 5.17. The van der Waals surface area contributed by atoms with Crippen LogP contribution in [0.5, 0.6) is 0 Å². The van der Waals surface area contributed by atoms with Crippen LogP contribution in [0.3, 0.4) is 0 Å². The molecule has 0 fully saturated rings. The number of nitrogens with two attached hydrogens (primary N) is 1. The van der Waals surface area contributed by atoms with Gasteiger partial charge in [0.15, 0.2) is 0 Å². The quantitative estimate of drug-likeness (QED) is 0.784. The fraction of sp³-hybridized carbons (Fsp3) is 0.500. The van der Waals surface area contributed by atoms with E-state index in [1.165, 1.54) is 0 Å². The lowest BCUT2D eigenvalue weighted by molar-refractivity contribution is 0.706. The number of nitrogens with one attached hydrogen (secondary N) is 1. The van der Waals surface area contributed by atoms with Gasteiger partial charge in [0.2, 0.25) is 0 Å². The Kier molecular flexibility index (Phi) is 6.20. The van der Waals surface area contributed by atoms with E-state index in [9.17, 15) is 0 Å². The Morgan fingerprint density at radius 3 is 2.73 bits per heavy atom. The summed E-state index contributed by atoms with van der Waals surface area (Å²) in [4.78, 5) is 4.27. The van der Waals surface area contributed by atoms with E-state index in [1.807, 2.05) is 6.07 Å². The molecule has 15 heavy (non-hydrogen) atoms. The molecule has 0 saturated carbocycles. The molecule has 0 spiro atoms. The molecule has 1 heterocycles. The van der Waals surface area contributed by atoms with Crippen LogP contribution >= 0.6 is 31.9 Å². The third-order valence-corrected chi connectivity index (χ3v) is 3.02. The lowest BCUT2D eigenvalue weighted by Crippen LogP contribution is -2.05. The third kappa shape index (κ3) is 4.95. The molecule has 0 aliphatic rings. The molecule has 1 aromatic rings. The summed E-state index contributed by atoms with van der Waals surface area (Å²) in [7, 11) is 0. The number of aromatic nitrogens is 1. The minimum absolute atomic E-state index is 0.778. The van der Waals surface area contributed by atoms with Crippen molar-refractivity contribution in [2.45, 2.75) is 19.3 Å². The van der Waals surface area contributed by atoms with E-state index < -0.39 is 0 Å². The molecule has 1 aromatic heterocycles. The lowest BCUT2D eigenvalue weighted by Gasteiger charge is -2.07. The van der Waals surface area contributed by atoms with Crippen LogP contribution in [0.4, 0.5) is 5.82 Å². The molecule has 0 amide bonds. The Morgan fingerprint density at radius 1 is 1.27 bits per heavy atom. The molecular weight excluding hydrogens is 322 g/mol. The first-order valence-electron chi connectivity index (χ1n) is 4.99. The van der Waals surface area contributed by atoms with E-state index in [0.29, 0.717) is 0 Å². The summed E-state index contributed by atoms with van der Waals surface area (Å²) < 4.78 is 1.96. The maximum atomic E-state index is 5.42. The highest BCUT2D eigenvalue weighted by Crippen LogP contribution is 2.23. The monoisotopic (exact) mass is 335 g/mol. The van der Waals surface area contributed by atoms with E-state index in [4.69, 9.17) is 5.73 Å². The number of pyridine rings is 1. The highest BCUT2D eigenvalue weighted by atomic mass is 79.9. The summed E-state index contributed by atoms with van der Waals surface area (Å²) in [6.45, 7) is 1.72. The predicted molar refractivity (Wildman–Crippen MR) is 71.0 cm³/mol. The molecule has 3 nitrogen and oxygen atoms in total. The number of rotatable bonds is 6. The second-order valence-corrected chi connectivity index (χ2v) is 5.03. The molecule has 5 heteroatoms. The first kappa shape index (κ1) is 12.9. The van der Waals surface area contributed by atoms with Crippen LogP contribution in [0, 0.1) is 0 Å². The normalized spacial score (nSPS) is 10.3. The van der Waals surface area contributed by atoms with Crippen LogP contribution in [0.1, 0.15) is 19.3 Å². The molecule has 1 rings (SSSR count). The number of halogens is 2. The van der Waals surface area contributed by atoms with E-state index in [0.717, 1.165) is 47.1 Å². The smallest absolute Gasteiger partial charge is 0.140 e. The molecule has 0 aliphatic heterocycles. The van der Waals surface area contributed by atoms with Gasteiger partial charge in [-0.05, 0) is 57.3 Å². The zero-order chi connectivity index (χ0) is 11.1. The molecule has 0 bridgehead atoms. The van der Waals surface area contributed by atoms with Gasteiger partial charge in [-0.2, -0.15) is 0 Å². The molecule has 0 atom stereocenters. The topological polar surface area (TPSA) is 50.9 Å². The number of nitrogens with zero attached hydrogens (tertiary/aromatic N) is 1. The lowest BCUT2D eigenvalue weighted by atomic mass is 10.2. The molecule has 0 aromatic carbocycles. The van der Waals surface area contributed by atoms with Crippen LogP contribution in [0.2, 0.25) is 0 Å². The van der Waals surface area contributed by atoms with Gasteiger partial charge in [0.25, 0.3) is 0 Å². The molecule has 0 aliphatic carbocycles. The highest BCUT2D eigenvalue weighted by Gasteiger charge is 2.00. The second kappa shape index (κ2) is 7.19. The Balaban J connectivity index is 2.31. The van der Waals surface area contributed by atoms with Gasteiger partial charge in [-0.25, -0.2) is 4.98 Å². The van der Waals surface area contributed by atoms with Crippen molar-refractivity contribution < 1.29 is 0 Å². The van der Waals surface area contributed by atoms with Gasteiger partial charge in [0.1, 0.15) is 5.82 Å². The van der Waals surface area contributed by atoms with Gasteiger partial charge in [0, 0.05) is 17.2 Å². The molecule has 0 radical (unpaired) electrons. The van der Waals surface area contributed by atoms with Crippen molar-refractivity contribution in [1.29, 1.82) is 0 Å². The van der Waals surface area contributed by atoms with Crippen molar-refractivity contribution in [2.75, 3.05) is 18.4 Å². The number of anilines is 1. The summed E-state index contributed by atoms with van der Waals surface area (Å²) in [5, 5.41) is 3.28. The first-order chi connectivity index (χ1) is 7.24. The maximum absolute atomic E-state index is 5.42. The molecule has 3 N–H and O–H groups in total. The van der Waals surface area contributed by atoms with Crippen molar-refractivity contribution in [3.63, 3.8) is 0 Å². The summed E-state index contributed by atoms with van der Waals surface area (Å²) in [6, 6.07) is 1.98. The van der Waals surface area contributed by atoms with E-state index >= 15 is 0 Å². The Bertz CT molecular complexity index is 305. The van der Waals surface area contributed by atoms with Gasteiger partial charge in [-0.3, -0.25) is 0 Å². The van der Waals surface area contributed by atoms with Gasteiger partial charge in [-0.15, -0.1) is 0 Å². The number of hydrogen-bond donors (Lipinski definition) is 2. The van der Waals surface area contributed by atoms with Crippen LogP contribution in [-0.2, 0) is 0 Å². The minimum Gasteiger partial charge on any atom is -0.369 e. The Hall–Kier alpha value is -0.130. The average Bonchev–Trinajstić information content (AvgIpc) is 2.20. The van der Waals surface area contributed by atoms with Gasteiger partial charge >= 0.3 is 0 Å². The van der Waals surface area contributed by atoms with E-state index in [2.05, 4.69) is 42.2 Å². The number of unbranched alkanes of at least 4 members (excludes halogenated alkanes) is 2. The van der Waals surface area contributed by atoms with Crippen molar-refractivity contribution in [3.05, 3.63) is 21.2 Å². The van der Waals surface area contributed by atoms with Crippen molar-refractivity contribution in [2.24, 2.45) is 5.73 Å². The van der Waals surface area contributed by atoms with Gasteiger partial charge in [0.05, 0.1) is 4.47 Å². The maximum Gasteiger partial charge on any atom is 0.140 e. The summed E-state index contributed by atoms with van der Waals surface area (Å²) >= 11 is 6.82. The summed E-state index contributed by atoms with van der Waals surface area (Å²) in [5.74, 6) is 0.894. The van der Waals surface area contributed by atoms with Gasteiger partial charge < -0.3 is 11.1 Å². The van der Waals surface area contributed by atoms with Crippen molar-refractivity contribution in [1.82, 2.24) is 4.98 Å². The van der Waals surface area contributed by atoms with Crippen LogP contribution in [-0.4, -0.2) is 18.1 Å². The predicted octanol–water partition coefficient (Wildman–Crippen LogP) is 3.15. The highest BCUT2D eigenvalue weighted by molar-refractivity contribution is 9.11. The fourth-order valence-corrected chi connectivity index (χ4v) is 2.33. The molecule has 0 unspecified atom stereocenters. The zero-order valence-corrected chi connectivity index (χ0v) is 11.6. The van der Waals surface area contributed by atoms with Crippen LogP contribution in [0.25, 0.3) is 0 Å². The van der Waals surface area contributed by atoms with E-state index in [-0.39, 0.29) is 0 Å². The van der Waals surface area contributed by atoms with E-state index in [1.54, 1.807) is 6.20 Å². The molecule has 0 saturated heterocycles. The average molecular weight is 337 g/mol. The van der Waals surface area contributed by atoms with Crippen molar-refractivity contribution >= 4 is 37.7 Å². The summed E-state index contributed by atoms with van der Waals surface area (Å²) in [5.41, 5.74) is 5.42. The fourth-order valence-electron chi connectivity index (χ4n) is 1.20. The SMILES string of the molecule is NCCCCCNc1ncc(Br)cc1Br. The Morgan fingerprint density at radius 2 is 2.07 bits per heavy atom. The number of hydrogen-bond acceptors (Lipinski definition) is 3. The van der Waals surface area contributed by atoms with Crippen molar-refractivity contribution in [3.8, 4) is 0 Å². The second-order valence-electron chi connectivity index (χ2n) is 3.26. The molecule has 84 valence electrons. The standard InChI is InChI=1S/C10H15Br2N3/c11-8-6-9(12)10(15-7-8)14-5-3-1-2-4-13/h6-7H,1-5,13H2,(H,14,15). The first-order valence-corrected chi connectivity index (χ1v) is 6.57.